The van der Waals surface area contributed by atoms with E-state index in [9.17, 15) is 4.79 Å². The van der Waals surface area contributed by atoms with Gasteiger partial charge in [-0.2, -0.15) is 0 Å². The maximum atomic E-state index is 11.8. The van der Waals surface area contributed by atoms with Crippen LogP contribution in [0.2, 0.25) is 0 Å². The molecule has 7 heteroatoms. The number of carbonyl (C=O) groups excluding carboxylic acids is 1. The summed E-state index contributed by atoms with van der Waals surface area (Å²) in [5.41, 5.74) is 1.40. The molecule has 2 aliphatic heterocycles. The van der Waals surface area contributed by atoms with Crippen LogP contribution in [0.1, 0.15) is 44.1 Å². The standard InChI is InChI=1S/C23H33N3O4/c1-24-22(26-11-7-17(8-12-26)21(27)28-2)25-16-23(9-3-4-10-23)18-5-6-19-20(15-18)30-14-13-29-19/h5-6,15,17H,3-4,7-14,16H2,1-2H3,(H,24,25). The Hall–Kier alpha value is -2.44. The summed E-state index contributed by atoms with van der Waals surface area (Å²) < 4.78 is 16.4. The Morgan fingerprint density at radius 3 is 2.57 bits per heavy atom. The number of nitrogens with zero attached hydrogens (tertiary/aromatic N) is 2. The number of hydrogen-bond acceptors (Lipinski definition) is 5. The molecule has 0 spiro atoms. The number of hydrogen-bond donors (Lipinski definition) is 1. The van der Waals surface area contributed by atoms with E-state index in [4.69, 9.17) is 14.2 Å². The maximum Gasteiger partial charge on any atom is 0.308 e. The topological polar surface area (TPSA) is 72.4 Å². The Bertz CT molecular complexity index is 781. The molecule has 1 aliphatic carbocycles. The van der Waals surface area contributed by atoms with Crippen molar-refractivity contribution in [3.8, 4) is 11.5 Å². The van der Waals surface area contributed by atoms with Crippen molar-refractivity contribution in [2.45, 2.75) is 43.9 Å². The van der Waals surface area contributed by atoms with Gasteiger partial charge in [0.2, 0.25) is 0 Å². The summed E-state index contributed by atoms with van der Waals surface area (Å²) in [5.74, 6) is 2.53. The van der Waals surface area contributed by atoms with E-state index in [0.717, 1.165) is 62.8 Å². The predicted molar refractivity (Wildman–Crippen MR) is 115 cm³/mol. The zero-order valence-corrected chi connectivity index (χ0v) is 18.1. The van der Waals surface area contributed by atoms with Crippen LogP contribution in [0.4, 0.5) is 0 Å². The van der Waals surface area contributed by atoms with Gasteiger partial charge in [0.05, 0.1) is 13.0 Å². The molecule has 4 rings (SSSR count). The molecule has 2 heterocycles. The van der Waals surface area contributed by atoms with Crippen molar-refractivity contribution in [1.29, 1.82) is 0 Å². The number of rotatable bonds is 4. The lowest BCUT2D eigenvalue weighted by atomic mass is 9.78. The van der Waals surface area contributed by atoms with E-state index in [1.54, 1.807) is 0 Å². The number of guanidine groups is 1. The second-order valence-electron chi connectivity index (χ2n) is 8.53. The lowest BCUT2D eigenvalue weighted by Gasteiger charge is -2.36. The van der Waals surface area contributed by atoms with Crippen LogP contribution >= 0.6 is 0 Å². The SMILES string of the molecule is CN=C(NCC1(c2ccc3c(c2)OCCO3)CCCC1)N1CCC(C(=O)OC)CC1. The normalized spacial score (nSPS) is 21.4. The number of carbonyl (C=O) groups is 1. The van der Waals surface area contributed by atoms with Crippen LogP contribution in [-0.4, -0.2) is 63.8 Å². The Balaban J connectivity index is 1.43. The maximum absolute atomic E-state index is 11.8. The van der Waals surface area contributed by atoms with Crippen LogP contribution in [0.25, 0.3) is 0 Å². The molecule has 0 unspecified atom stereocenters. The van der Waals surface area contributed by atoms with Gasteiger partial charge in [-0.3, -0.25) is 9.79 Å². The molecule has 1 saturated carbocycles. The van der Waals surface area contributed by atoms with E-state index in [1.165, 1.54) is 25.5 Å². The van der Waals surface area contributed by atoms with E-state index in [2.05, 4.69) is 33.4 Å². The number of benzene rings is 1. The fraction of sp³-hybridized carbons (Fsp3) is 0.652. The fourth-order valence-corrected chi connectivity index (χ4v) is 5.07. The Morgan fingerprint density at radius 1 is 1.20 bits per heavy atom. The summed E-state index contributed by atoms with van der Waals surface area (Å²) in [5, 5.41) is 3.65. The predicted octanol–water partition coefficient (Wildman–Crippen LogP) is 2.73. The molecule has 0 amide bonds. The molecule has 0 radical (unpaired) electrons. The highest BCUT2D eigenvalue weighted by Crippen LogP contribution is 2.43. The van der Waals surface area contributed by atoms with E-state index in [-0.39, 0.29) is 17.3 Å². The summed E-state index contributed by atoms with van der Waals surface area (Å²) in [6.07, 6.45) is 6.39. The number of aliphatic imine (C=N–C) groups is 1. The van der Waals surface area contributed by atoms with Crippen molar-refractivity contribution in [3.05, 3.63) is 23.8 Å². The number of fused-ring (bicyclic) bond motifs is 1. The molecule has 0 atom stereocenters. The highest BCUT2D eigenvalue weighted by atomic mass is 16.6. The smallest absolute Gasteiger partial charge is 0.308 e. The number of nitrogens with one attached hydrogen (secondary N) is 1. The molecule has 0 aromatic heterocycles. The first-order valence-corrected chi connectivity index (χ1v) is 11.1. The lowest BCUT2D eigenvalue weighted by molar-refractivity contribution is -0.146. The van der Waals surface area contributed by atoms with Crippen LogP contribution in [0.15, 0.2) is 23.2 Å². The monoisotopic (exact) mass is 415 g/mol. The van der Waals surface area contributed by atoms with Crippen molar-refractivity contribution in [1.82, 2.24) is 10.2 Å². The number of ether oxygens (including phenoxy) is 3. The number of piperidine rings is 1. The Labute approximate surface area is 178 Å². The molecule has 164 valence electrons. The van der Waals surface area contributed by atoms with Crippen LogP contribution in [0.3, 0.4) is 0 Å². The van der Waals surface area contributed by atoms with Gasteiger partial charge in [-0.25, -0.2) is 0 Å². The van der Waals surface area contributed by atoms with Gasteiger partial charge in [0, 0.05) is 32.1 Å². The van der Waals surface area contributed by atoms with Crippen LogP contribution in [0, 0.1) is 5.92 Å². The van der Waals surface area contributed by atoms with Crippen LogP contribution in [0.5, 0.6) is 11.5 Å². The number of esters is 1. The molecular weight excluding hydrogens is 382 g/mol. The van der Waals surface area contributed by atoms with Crippen LogP contribution < -0.4 is 14.8 Å². The Morgan fingerprint density at radius 2 is 1.90 bits per heavy atom. The third-order valence-electron chi connectivity index (χ3n) is 6.84. The van der Waals surface area contributed by atoms with Crippen LogP contribution in [-0.2, 0) is 14.9 Å². The van der Waals surface area contributed by atoms with Crippen molar-refractivity contribution >= 4 is 11.9 Å². The average Bonchev–Trinajstić information content (AvgIpc) is 3.29. The molecule has 0 bridgehead atoms. The van der Waals surface area contributed by atoms with Crippen molar-refractivity contribution in [2.75, 3.05) is 47.0 Å². The van der Waals surface area contributed by atoms with Gasteiger partial charge in [-0.15, -0.1) is 0 Å². The van der Waals surface area contributed by atoms with Gasteiger partial charge in [0.25, 0.3) is 0 Å². The minimum Gasteiger partial charge on any atom is -0.486 e. The third kappa shape index (κ3) is 4.20. The summed E-state index contributed by atoms with van der Waals surface area (Å²) in [6.45, 7) is 3.70. The second kappa shape index (κ2) is 9.14. The van der Waals surface area contributed by atoms with Gasteiger partial charge in [-0.1, -0.05) is 18.9 Å². The first-order valence-electron chi connectivity index (χ1n) is 11.1. The summed E-state index contributed by atoms with van der Waals surface area (Å²) >= 11 is 0. The highest BCUT2D eigenvalue weighted by molar-refractivity contribution is 5.80. The molecule has 7 nitrogen and oxygen atoms in total. The number of methoxy groups -OCH3 is 1. The molecule has 1 aromatic rings. The van der Waals surface area contributed by atoms with Gasteiger partial charge >= 0.3 is 5.97 Å². The highest BCUT2D eigenvalue weighted by Gasteiger charge is 2.37. The molecule has 1 N–H and O–H groups in total. The van der Waals surface area contributed by atoms with E-state index in [1.807, 2.05) is 7.05 Å². The lowest BCUT2D eigenvalue weighted by Crippen LogP contribution is -2.49. The average molecular weight is 416 g/mol. The molecule has 2 fully saturated rings. The van der Waals surface area contributed by atoms with Gasteiger partial charge < -0.3 is 24.4 Å². The summed E-state index contributed by atoms with van der Waals surface area (Å²) in [7, 11) is 3.30. The zero-order valence-electron chi connectivity index (χ0n) is 18.1. The van der Waals surface area contributed by atoms with E-state index >= 15 is 0 Å². The fourth-order valence-electron chi connectivity index (χ4n) is 5.07. The minimum atomic E-state index is -0.0962. The molecule has 30 heavy (non-hydrogen) atoms. The van der Waals surface area contributed by atoms with E-state index in [0.29, 0.717) is 13.2 Å². The summed E-state index contributed by atoms with van der Waals surface area (Å²) in [6, 6.07) is 6.42. The Kier molecular flexibility index (Phi) is 6.35. The first-order chi connectivity index (χ1) is 14.6. The quantitative estimate of drug-likeness (QED) is 0.463. The second-order valence-corrected chi connectivity index (χ2v) is 8.53. The molecule has 1 saturated heterocycles. The van der Waals surface area contributed by atoms with Crippen molar-refractivity contribution in [3.63, 3.8) is 0 Å². The largest absolute Gasteiger partial charge is 0.486 e. The zero-order chi connectivity index (χ0) is 21.0. The van der Waals surface area contributed by atoms with Gasteiger partial charge in [0.15, 0.2) is 17.5 Å². The molecular formula is C23H33N3O4. The van der Waals surface area contributed by atoms with Gasteiger partial charge in [-0.05, 0) is 43.4 Å². The molecule has 1 aromatic carbocycles. The van der Waals surface area contributed by atoms with E-state index < -0.39 is 0 Å². The van der Waals surface area contributed by atoms with Crippen molar-refractivity contribution in [2.24, 2.45) is 10.9 Å². The summed E-state index contributed by atoms with van der Waals surface area (Å²) in [4.78, 5) is 18.6. The number of likely N-dealkylation sites (tertiary alicyclic amines) is 1. The first kappa shape index (κ1) is 20.8. The third-order valence-corrected chi connectivity index (χ3v) is 6.84. The van der Waals surface area contributed by atoms with Gasteiger partial charge in [0.1, 0.15) is 13.2 Å². The minimum absolute atomic E-state index is 0.00300. The molecule has 3 aliphatic rings. The van der Waals surface area contributed by atoms with Crippen molar-refractivity contribution < 1.29 is 19.0 Å².